The SMILES string of the molecule is CCNc1ncccc1CN1CCC(NC(C)=O)C1. The molecule has 1 aliphatic heterocycles. The predicted octanol–water partition coefficient (Wildman–Crippen LogP) is 1.22. The Morgan fingerprint density at radius 2 is 2.42 bits per heavy atom. The molecule has 0 aromatic carbocycles. The third-order valence-electron chi connectivity index (χ3n) is 3.31. The lowest BCUT2D eigenvalue weighted by Gasteiger charge is -2.18. The van der Waals surface area contributed by atoms with Gasteiger partial charge in [0.1, 0.15) is 5.82 Å². The molecule has 0 spiro atoms. The summed E-state index contributed by atoms with van der Waals surface area (Å²) >= 11 is 0. The van der Waals surface area contributed by atoms with Crippen LogP contribution in [-0.2, 0) is 11.3 Å². The molecule has 5 heteroatoms. The molecule has 1 unspecified atom stereocenters. The van der Waals surface area contributed by atoms with Crippen LogP contribution in [0.15, 0.2) is 18.3 Å². The molecule has 0 bridgehead atoms. The number of hydrogen-bond acceptors (Lipinski definition) is 4. The van der Waals surface area contributed by atoms with Crippen LogP contribution in [0, 0.1) is 0 Å². The van der Waals surface area contributed by atoms with Gasteiger partial charge in [0.15, 0.2) is 0 Å². The van der Waals surface area contributed by atoms with Gasteiger partial charge in [-0.05, 0) is 19.4 Å². The molecule has 2 N–H and O–H groups in total. The number of nitrogens with one attached hydrogen (secondary N) is 2. The highest BCUT2D eigenvalue weighted by atomic mass is 16.1. The highest BCUT2D eigenvalue weighted by Gasteiger charge is 2.23. The van der Waals surface area contributed by atoms with Crippen molar-refractivity contribution in [2.75, 3.05) is 25.0 Å². The molecule has 5 nitrogen and oxygen atoms in total. The summed E-state index contributed by atoms with van der Waals surface area (Å²) < 4.78 is 0. The summed E-state index contributed by atoms with van der Waals surface area (Å²) in [5.74, 6) is 1.02. The molecule has 0 aliphatic carbocycles. The number of nitrogens with zero attached hydrogens (tertiary/aromatic N) is 2. The minimum atomic E-state index is 0.0570. The highest BCUT2D eigenvalue weighted by molar-refractivity contribution is 5.73. The van der Waals surface area contributed by atoms with E-state index in [1.165, 1.54) is 5.56 Å². The standard InChI is InChI=1S/C14H22N4O/c1-3-15-14-12(5-4-7-16-14)9-18-8-6-13(10-18)17-11(2)19/h4-5,7,13H,3,6,8-10H2,1-2H3,(H,15,16)(H,17,19). The Morgan fingerprint density at radius 3 is 3.16 bits per heavy atom. The number of carbonyl (C=O) groups excluding carboxylic acids is 1. The number of likely N-dealkylation sites (tertiary alicyclic amines) is 1. The number of amides is 1. The van der Waals surface area contributed by atoms with Crippen LogP contribution in [-0.4, -0.2) is 41.5 Å². The molecule has 0 radical (unpaired) electrons. The maximum absolute atomic E-state index is 11.1. The average molecular weight is 262 g/mol. The van der Waals surface area contributed by atoms with Crippen LogP contribution in [0.4, 0.5) is 5.82 Å². The predicted molar refractivity (Wildman–Crippen MR) is 75.9 cm³/mol. The van der Waals surface area contributed by atoms with Crippen LogP contribution in [0.2, 0.25) is 0 Å². The lowest BCUT2D eigenvalue weighted by atomic mass is 10.2. The Hall–Kier alpha value is -1.62. The first-order chi connectivity index (χ1) is 9.19. The molecule has 0 saturated carbocycles. The van der Waals surface area contributed by atoms with Gasteiger partial charge in [-0.1, -0.05) is 6.07 Å². The summed E-state index contributed by atoms with van der Waals surface area (Å²) in [4.78, 5) is 17.8. The van der Waals surface area contributed by atoms with Gasteiger partial charge in [0.2, 0.25) is 5.91 Å². The first-order valence-corrected chi connectivity index (χ1v) is 6.86. The van der Waals surface area contributed by atoms with E-state index < -0.39 is 0 Å². The second kappa shape index (κ2) is 6.52. The Kier molecular flexibility index (Phi) is 4.74. The van der Waals surface area contributed by atoms with Gasteiger partial charge in [0.05, 0.1) is 0 Å². The summed E-state index contributed by atoms with van der Waals surface area (Å²) in [6.45, 7) is 7.34. The first-order valence-electron chi connectivity index (χ1n) is 6.86. The number of aromatic nitrogens is 1. The number of hydrogen-bond donors (Lipinski definition) is 2. The van der Waals surface area contributed by atoms with Crippen molar-refractivity contribution in [3.05, 3.63) is 23.9 Å². The van der Waals surface area contributed by atoms with Crippen molar-refractivity contribution in [3.8, 4) is 0 Å². The summed E-state index contributed by atoms with van der Waals surface area (Å²) in [5, 5.41) is 6.27. The van der Waals surface area contributed by atoms with Gasteiger partial charge >= 0.3 is 0 Å². The maximum atomic E-state index is 11.1. The van der Waals surface area contributed by atoms with Crippen LogP contribution in [0.5, 0.6) is 0 Å². The Balaban J connectivity index is 1.93. The molecular weight excluding hydrogens is 240 g/mol. The molecular formula is C14H22N4O. The zero-order valence-corrected chi connectivity index (χ0v) is 11.6. The molecule has 1 saturated heterocycles. The van der Waals surface area contributed by atoms with Crippen molar-refractivity contribution in [3.63, 3.8) is 0 Å². The Bertz CT molecular complexity index is 435. The topological polar surface area (TPSA) is 57.3 Å². The molecule has 1 aliphatic rings. The zero-order chi connectivity index (χ0) is 13.7. The molecule has 19 heavy (non-hydrogen) atoms. The van der Waals surface area contributed by atoms with Crippen molar-refractivity contribution in [1.82, 2.24) is 15.2 Å². The highest BCUT2D eigenvalue weighted by Crippen LogP contribution is 2.18. The molecule has 1 aromatic heterocycles. The molecule has 104 valence electrons. The smallest absolute Gasteiger partial charge is 0.217 e. The van der Waals surface area contributed by atoms with Gasteiger partial charge in [0.25, 0.3) is 0 Å². The fourth-order valence-corrected chi connectivity index (χ4v) is 2.52. The number of rotatable bonds is 5. The van der Waals surface area contributed by atoms with Gasteiger partial charge in [-0.2, -0.15) is 0 Å². The third kappa shape index (κ3) is 3.92. The summed E-state index contributed by atoms with van der Waals surface area (Å²) in [6.07, 6.45) is 2.84. The maximum Gasteiger partial charge on any atom is 0.217 e. The molecule has 1 atom stereocenters. The van der Waals surface area contributed by atoms with Gasteiger partial charge in [-0.3, -0.25) is 9.69 Å². The van der Waals surface area contributed by atoms with E-state index in [2.05, 4.69) is 33.5 Å². The van der Waals surface area contributed by atoms with Crippen LogP contribution < -0.4 is 10.6 Å². The summed E-state index contributed by atoms with van der Waals surface area (Å²) in [7, 11) is 0. The van der Waals surface area contributed by atoms with E-state index >= 15 is 0 Å². The van der Waals surface area contributed by atoms with E-state index in [0.717, 1.165) is 38.4 Å². The minimum absolute atomic E-state index is 0.0570. The molecule has 2 rings (SSSR count). The van der Waals surface area contributed by atoms with E-state index in [4.69, 9.17) is 0 Å². The van der Waals surface area contributed by atoms with Crippen molar-refractivity contribution < 1.29 is 4.79 Å². The van der Waals surface area contributed by atoms with E-state index in [-0.39, 0.29) is 11.9 Å². The van der Waals surface area contributed by atoms with E-state index in [1.807, 2.05) is 12.3 Å². The van der Waals surface area contributed by atoms with E-state index in [9.17, 15) is 4.79 Å². The number of anilines is 1. The third-order valence-corrected chi connectivity index (χ3v) is 3.31. The van der Waals surface area contributed by atoms with Crippen molar-refractivity contribution >= 4 is 11.7 Å². The van der Waals surface area contributed by atoms with Crippen molar-refractivity contribution in [2.45, 2.75) is 32.9 Å². The Labute approximate surface area is 114 Å². The second-order valence-corrected chi connectivity index (χ2v) is 4.96. The van der Waals surface area contributed by atoms with Gasteiger partial charge in [-0.15, -0.1) is 0 Å². The molecule has 1 fully saturated rings. The van der Waals surface area contributed by atoms with E-state index in [0.29, 0.717) is 0 Å². The number of pyridine rings is 1. The molecule has 1 aromatic rings. The fourth-order valence-electron chi connectivity index (χ4n) is 2.52. The molecule has 2 heterocycles. The fraction of sp³-hybridized carbons (Fsp3) is 0.571. The van der Waals surface area contributed by atoms with Gasteiger partial charge < -0.3 is 10.6 Å². The van der Waals surface area contributed by atoms with Crippen LogP contribution in [0.25, 0.3) is 0 Å². The second-order valence-electron chi connectivity index (χ2n) is 4.96. The van der Waals surface area contributed by atoms with Crippen molar-refractivity contribution in [2.24, 2.45) is 0 Å². The molecule has 1 amide bonds. The van der Waals surface area contributed by atoms with E-state index in [1.54, 1.807) is 6.92 Å². The lowest BCUT2D eigenvalue weighted by molar-refractivity contribution is -0.119. The summed E-state index contributed by atoms with van der Waals surface area (Å²) in [6, 6.07) is 4.37. The van der Waals surface area contributed by atoms with Crippen molar-refractivity contribution in [1.29, 1.82) is 0 Å². The number of carbonyl (C=O) groups is 1. The largest absolute Gasteiger partial charge is 0.370 e. The summed E-state index contributed by atoms with van der Waals surface area (Å²) in [5.41, 5.74) is 1.22. The lowest BCUT2D eigenvalue weighted by Crippen LogP contribution is -2.35. The minimum Gasteiger partial charge on any atom is -0.370 e. The van der Waals surface area contributed by atoms with Crippen LogP contribution in [0.1, 0.15) is 25.8 Å². The average Bonchev–Trinajstić information content (AvgIpc) is 2.78. The monoisotopic (exact) mass is 262 g/mol. The first kappa shape index (κ1) is 13.8. The van der Waals surface area contributed by atoms with Crippen LogP contribution >= 0.6 is 0 Å². The zero-order valence-electron chi connectivity index (χ0n) is 11.6. The normalized spacial score (nSPS) is 19.4. The van der Waals surface area contributed by atoms with Gasteiger partial charge in [0, 0.05) is 50.9 Å². The quantitative estimate of drug-likeness (QED) is 0.838. The van der Waals surface area contributed by atoms with Crippen LogP contribution in [0.3, 0.4) is 0 Å². The van der Waals surface area contributed by atoms with Gasteiger partial charge in [-0.25, -0.2) is 4.98 Å². The Morgan fingerprint density at radius 1 is 1.58 bits per heavy atom.